The highest BCUT2D eigenvalue weighted by molar-refractivity contribution is 7.91. The zero-order valence-electron chi connectivity index (χ0n) is 6.47. The molecule has 1 heterocycles. The highest BCUT2D eigenvalue weighted by Gasteiger charge is 2.11. The second-order valence-corrected chi connectivity index (χ2v) is 3.94. The first kappa shape index (κ1) is 9.45. The molecule has 0 saturated carbocycles. The summed E-state index contributed by atoms with van der Waals surface area (Å²) in [7, 11) is -3.48. The molecule has 0 unspecified atom stereocenters. The molecule has 72 valence electrons. The second kappa shape index (κ2) is 3.01. The van der Waals surface area contributed by atoms with Crippen LogP contribution in [0, 0.1) is 0 Å². The van der Waals surface area contributed by atoms with E-state index in [1.54, 1.807) is 0 Å². The number of hydrogen-bond acceptors (Lipinski definition) is 5. The molecule has 0 atom stereocenters. The number of carboxylic acids is 1. The van der Waals surface area contributed by atoms with Crippen molar-refractivity contribution in [2.45, 2.75) is 0 Å². The third-order valence-electron chi connectivity index (χ3n) is 0.965. The van der Waals surface area contributed by atoms with Crippen LogP contribution in [0.3, 0.4) is 0 Å². The molecule has 0 bridgehead atoms. The van der Waals surface area contributed by atoms with Crippen LogP contribution < -0.4 is 4.72 Å². The normalized spacial score (nSPS) is 11.2. The summed E-state index contributed by atoms with van der Waals surface area (Å²) < 4.78 is 23.2. The van der Waals surface area contributed by atoms with Crippen molar-refractivity contribution < 1.29 is 18.3 Å². The fourth-order valence-corrected chi connectivity index (χ4v) is 0.992. The smallest absolute Gasteiger partial charge is 0.373 e. The van der Waals surface area contributed by atoms with Crippen molar-refractivity contribution in [2.24, 2.45) is 0 Å². The van der Waals surface area contributed by atoms with Crippen LogP contribution in [0.2, 0.25) is 0 Å². The summed E-state index contributed by atoms with van der Waals surface area (Å²) in [4.78, 5) is 13.6. The van der Waals surface area contributed by atoms with E-state index in [-0.39, 0.29) is 5.95 Å². The zero-order chi connectivity index (χ0) is 10.1. The average Bonchev–Trinajstić information content (AvgIpc) is 2.31. The van der Waals surface area contributed by atoms with Gasteiger partial charge in [0.25, 0.3) is 5.95 Å². The van der Waals surface area contributed by atoms with Gasteiger partial charge in [-0.3, -0.25) is 9.82 Å². The molecule has 0 aliphatic heterocycles. The van der Waals surface area contributed by atoms with Gasteiger partial charge in [0.2, 0.25) is 15.8 Å². The lowest BCUT2D eigenvalue weighted by atomic mass is 10.6. The Morgan fingerprint density at radius 1 is 1.62 bits per heavy atom. The van der Waals surface area contributed by atoms with E-state index >= 15 is 0 Å². The van der Waals surface area contributed by atoms with E-state index < -0.39 is 21.8 Å². The summed E-state index contributed by atoms with van der Waals surface area (Å²) in [5.74, 6) is -2.03. The van der Waals surface area contributed by atoms with Gasteiger partial charge in [0.15, 0.2) is 0 Å². The third kappa shape index (κ3) is 2.71. The quantitative estimate of drug-likeness (QED) is 0.574. The molecular formula is C4H6N4O4S. The minimum absolute atomic E-state index is 0.292. The van der Waals surface area contributed by atoms with Gasteiger partial charge in [-0.1, -0.05) is 0 Å². The number of hydrogen-bond donors (Lipinski definition) is 3. The number of aromatic carboxylic acids is 1. The third-order valence-corrected chi connectivity index (χ3v) is 1.52. The van der Waals surface area contributed by atoms with Crippen molar-refractivity contribution in [3.63, 3.8) is 0 Å². The Labute approximate surface area is 73.0 Å². The molecule has 0 amide bonds. The number of aromatic amines is 1. The van der Waals surface area contributed by atoms with Crippen molar-refractivity contribution in [3.8, 4) is 0 Å². The maximum atomic E-state index is 10.6. The summed E-state index contributed by atoms with van der Waals surface area (Å²) in [6.45, 7) is 0. The highest BCUT2D eigenvalue weighted by atomic mass is 32.2. The summed E-state index contributed by atoms with van der Waals surface area (Å²) in [6, 6.07) is 0. The summed E-state index contributed by atoms with van der Waals surface area (Å²) in [5.41, 5.74) is 0. The Hall–Kier alpha value is -1.64. The van der Waals surface area contributed by atoms with Crippen LogP contribution in [0.5, 0.6) is 0 Å². The van der Waals surface area contributed by atoms with E-state index in [1.807, 2.05) is 9.82 Å². The molecule has 0 aliphatic carbocycles. The van der Waals surface area contributed by atoms with Crippen molar-refractivity contribution in [1.29, 1.82) is 0 Å². The van der Waals surface area contributed by atoms with Crippen LogP contribution in [-0.2, 0) is 10.0 Å². The number of H-pyrrole nitrogens is 1. The summed E-state index contributed by atoms with van der Waals surface area (Å²) in [6.07, 6.45) is 0.907. The molecule has 1 aromatic heterocycles. The molecule has 1 aromatic rings. The monoisotopic (exact) mass is 206 g/mol. The van der Waals surface area contributed by atoms with Gasteiger partial charge in [-0.15, -0.1) is 5.10 Å². The molecule has 0 spiro atoms. The Morgan fingerprint density at radius 3 is 2.62 bits per heavy atom. The second-order valence-electron chi connectivity index (χ2n) is 2.19. The number of rotatable bonds is 3. The number of carbonyl (C=O) groups is 1. The largest absolute Gasteiger partial charge is 0.475 e. The maximum absolute atomic E-state index is 10.6. The molecule has 0 radical (unpaired) electrons. The molecule has 0 aromatic carbocycles. The molecule has 3 N–H and O–H groups in total. The number of sulfonamides is 1. The first-order valence-corrected chi connectivity index (χ1v) is 4.91. The predicted octanol–water partition coefficient (Wildman–Crippen LogP) is -1.13. The van der Waals surface area contributed by atoms with Gasteiger partial charge in [0.05, 0.1) is 6.26 Å². The molecular weight excluding hydrogens is 200 g/mol. The van der Waals surface area contributed by atoms with Gasteiger partial charge in [-0.2, -0.15) is 4.98 Å². The van der Waals surface area contributed by atoms with Crippen LogP contribution in [0.1, 0.15) is 10.6 Å². The molecule has 0 saturated heterocycles. The van der Waals surface area contributed by atoms with Gasteiger partial charge in [0.1, 0.15) is 0 Å². The Bertz CT molecular complexity index is 421. The molecule has 1 rings (SSSR count). The van der Waals surface area contributed by atoms with Crippen LogP contribution in [0.15, 0.2) is 0 Å². The van der Waals surface area contributed by atoms with Crippen LogP contribution >= 0.6 is 0 Å². The first-order chi connectivity index (χ1) is 5.88. The van der Waals surface area contributed by atoms with E-state index in [9.17, 15) is 13.2 Å². The minimum atomic E-state index is -3.48. The highest BCUT2D eigenvalue weighted by Crippen LogP contribution is 1.99. The van der Waals surface area contributed by atoms with Crippen molar-refractivity contribution in [3.05, 3.63) is 5.82 Å². The lowest BCUT2D eigenvalue weighted by molar-refractivity contribution is 0.0684. The molecule has 0 aliphatic rings. The average molecular weight is 206 g/mol. The van der Waals surface area contributed by atoms with Gasteiger partial charge in [-0.05, 0) is 0 Å². The van der Waals surface area contributed by atoms with Gasteiger partial charge < -0.3 is 5.11 Å². The SMILES string of the molecule is CS(=O)(=O)Nc1n[nH]c(C(=O)O)n1. The molecule has 13 heavy (non-hydrogen) atoms. The fourth-order valence-electron chi connectivity index (χ4n) is 0.569. The number of nitrogens with zero attached hydrogens (tertiary/aromatic N) is 2. The van der Waals surface area contributed by atoms with Crippen LogP contribution in [-0.4, -0.2) is 40.9 Å². The van der Waals surface area contributed by atoms with Gasteiger partial charge >= 0.3 is 5.97 Å². The lowest BCUT2D eigenvalue weighted by Gasteiger charge is -1.94. The number of anilines is 1. The number of nitrogens with one attached hydrogen (secondary N) is 2. The molecule has 0 fully saturated rings. The van der Waals surface area contributed by atoms with E-state index in [0.717, 1.165) is 6.26 Å². The Kier molecular flexibility index (Phi) is 2.19. The minimum Gasteiger partial charge on any atom is -0.475 e. The topological polar surface area (TPSA) is 125 Å². The summed E-state index contributed by atoms with van der Waals surface area (Å²) in [5, 5.41) is 13.7. The van der Waals surface area contributed by atoms with E-state index in [0.29, 0.717) is 0 Å². The fraction of sp³-hybridized carbons (Fsp3) is 0.250. The van der Waals surface area contributed by atoms with Gasteiger partial charge in [-0.25, -0.2) is 13.2 Å². The number of carboxylic acid groups (broad SMARTS) is 1. The number of aromatic nitrogens is 3. The van der Waals surface area contributed by atoms with Crippen molar-refractivity contribution in [1.82, 2.24) is 15.2 Å². The maximum Gasteiger partial charge on any atom is 0.373 e. The Balaban J connectivity index is 2.87. The van der Waals surface area contributed by atoms with Crippen molar-refractivity contribution in [2.75, 3.05) is 11.0 Å². The molecule has 8 nitrogen and oxygen atoms in total. The standard InChI is InChI=1S/C4H6N4O4S/c1-13(11,12)8-4-5-2(3(9)10)6-7-4/h1H3,(H,9,10)(H2,5,6,7,8). The lowest BCUT2D eigenvalue weighted by Crippen LogP contribution is -2.10. The van der Waals surface area contributed by atoms with Crippen LogP contribution in [0.4, 0.5) is 5.95 Å². The zero-order valence-corrected chi connectivity index (χ0v) is 7.29. The summed E-state index contributed by atoms with van der Waals surface area (Å²) >= 11 is 0. The van der Waals surface area contributed by atoms with E-state index in [2.05, 4.69) is 10.1 Å². The van der Waals surface area contributed by atoms with E-state index in [1.165, 1.54) is 0 Å². The van der Waals surface area contributed by atoms with Gasteiger partial charge in [0, 0.05) is 0 Å². The predicted molar refractivity (Wildman–Crippen MR) is 41.8 cm³/mol. The van der Waals surface area contributed by atoms with Crippen LogP contribution in [0.25, 0.3) is 0 Å². The van der Waals surface area contributed by atoms with Crippen molar-refractivity contribution >= 4 is 21.9 Å². The Morgan fingerprint density at radius 2 is 2.23 bits per heavy atom. The molecule has 9 heteroatoms. The van der Waals surface area contributed by atoms with E-state index in [4.69, 9.17) is 5.11 Å². The first-order valence-electron chi connectivity index (χ1n) is 3.02.